The third-order valence-corrected chi connectivity index (χ3v) is 4.43. The van der Waals surface area contributed by atoms with Crippen molar-refractivity contribution in [3.8, 4) is 0 Å². The number of halogens is 1. The van der Waals surface area contributed by atoms with Crippen molar-refractivity contribution in [2.45, 2.75) is 31.9 Å². The minimum atomic E-state index is -0.978. The fourth-order valence-corrected chi connectivity index (χ4v) is 3.10. The topological polar surface area (TPSA) is 110 Å². The van der Waals surface area contributed by atoms with Gasteiger partial charge < -0.3 is 14.7 Å². The molecule has 2 aromatic rings. The van der Waals surface area contributed by atoms with Crippen molar-refractivity contribution in [2.75, 3.05) is 19.7 Å². The molecule has 10 heteroatoms. The fourth-order valence-electron chi connectivity index (χ4n) is 3.10. The lowest BCUT2D eigenvalue weighted by molar-refractivity contribution is -0.149. The molecule has 0 saturated carbocycles. The molecule has 2 atom stereocenters. The van der Waals surface area contributed by atoms with Crippen molar-refractivity contribution in [3.63, 3.8) is 0 Å². The monoisotopic (exact) mass is 377 g/mol. The van der Waals surface area contributed by atoms with Crippen LogP contribution >= 0.6 is 0 Å². The number of hydrogen-bond acceptors (Lipinski definition) is 6. The van der Waals surface area contributed by atoms with E-state index < -0.39 is 18.1 Å². The number of aryl methyl sites for hydroxylation is 1. The standard InChI is InChI=1S/C17H20FN5O4/c1-11-19-20-21-23(11)15(8-12-2-4-13(18)5-3-12)17(26)22-6-7-27-14(10-22)9-16(24)25/h2-5,14-15H,6-10H2,1H3,(H,24,25)/t14-,15+/m1/s1. The number of tetrazole rings is 1. The SMILES string of the molecule is Cc1nnnn1[C@@H](Cc1ccc(F)cc1)C(=O)N1CCO[C@H](CC(=O)O)C1. The molecule has 1 aliphatic heterocycles. The number of carboxylic acids is 1. The van der Waals surface area contributed by atoms with E-state index in [4.69, 9.17) is 9.84 Å². The Hall–Kier alpha value is -2.88. The third-order valence-electron chi connectivity index (χ3n) is 4.43. The van der Waals surface area contributed by atoms with E-state index >= 15 is 0 Å². The van der Waals surface area contributed by atoms with Gasteiger partial charge in [-0.25, -0.2) is 9.07 Å². The third kappa shape index (κ3) is 4.64. The molecule has 9 nitrogen and oxygen atoms in total. The maximum Gasteiger partial charge on any atom is 0.306 e. The Kier molecular flexibility index (Phi) is 5.75. The molecule has 3 rings (SSSR count). The first-order chi connectivity index (χ1) is 12.9. The Morgan fingerprint density at radius 3 is 2.74 bits per heavy atom. The summed E-state index contributed by atoms with van der Waals surface area (Å²) in [5, 5.41) is 20.3. The van der Waals surface area contributed by atoms with E-state index in [-0.39, 0.29) is 37.7 Å². The number of carboxylic acid groups (broad SMARTS) is 1. The van der Waals surface area contributed by atoms with Crippen molar-refractivity contribution in [3.05, 3.63) is 41.5 Å². The average Bonchev–Trinajstić information content (AvgIpc) is 3.06. The van der Waals surface area contributed by atoms with Gasteiger partial charge in [0.05, 0.1) is 19.1 Å². The molecule has 1 aromatic carbocycles. The minimum absolute atomic E-state index is 0.170. The molecule has 0 unspecified atom stereocenters. The van der Waals surface area contributed by atoms with Gasteiger partial charge in [-0.3, -0.25) is 9.59 Å². The molecule has 27 heavy (non-hydrogen) atoms. The predicted octanol–water partition coefficient (Wildman–Crippen LogP) is 0.607. The number of aliphatic carboxylic acids is 1. The molecular weight excluding hydrogens is 357 g/mol. The highest BCUT2D eigenvalue weighted by Crippen LogP contribution is 2.20. The first kappa shape index (κ1) is 18.9. The fraction of sp³-hybridized carbons (Fsp3) is 0.471. The van der Waals surface area contributed by atoms with Gasteiger partial charge in [-0.05, 0) is 35.0 Å². The van der Waals surface area contributed by atoms with Gasteiger partial charge in [0, 0.05) is 19.5 Å². The molecule has 1 N–H and O–H groups in total. The number of aromatic nitrogens is 4. The normalized spacial score (nSPS) is 18.3. The first-order valence-corrected chi connectivity index (χ1v) is 8.55. The first-order valence-electron chi connectivity index (χ1n) is 8.55. The van der Waals surface area contributed by atoms with Crippen molar-refractivity contribution >= 4 is 11.9 Å². The van der Waals surface area contributed by atoms with E-state index in [1.807, 2.05) is 0 Å². The largest absolute Gasteiger partial charge is 0.481 e. The summed E-state index contributed by atoms with van der Waals surface area (Å²) in [7, 11) is 0. The zero-order valence-electron chi connectivity index (χ0n) is 14.8. The predicted molar refractivity (Wildman–Crippen MR) is 90.3 cm³/mol. The van der Waals surface area contributed by atoms with Gasteiger partial charge in [0.15, 0.2) is 0 Å². The van der Waals surface area contributed by atoms with Crippen LogP contribution in [0, 0.1) is 12.7 Å². The Labute approximate surface area is 154 Å². The van der Waals surface area contributed by atoms with E-state index in [2.05, 4.69) is 15.5 Å². The van der Waals surface area contributed by atoms with Crippen LogP contribution < -0.4 is 0 Å². The van der Waals surface area contributed by atoms with Crippen molar-refractivity contribution < 1.29 is 23.8 Å². The lowest BCUT2D eigenvalue weighted by atomic mass is 10.0. The van der Waals surface area contributed by atoms with Gasteiger partial charge >= 0.3 is 5.97 Å². The Morgan fingerprint density at radius 1 is 1.37 bits per heavy atom. The minimum Gasteiger partial charge on any atom is -0.481 e. The second kappa shape index (κ2) is 8.21. The van der Waals surface area contributed by atoms with Crippen LogP contribution in [0.5, 0.6) is 0 Å². The number of morpholine rings is 1. The van der Waals surface area contributed by atoms with Gasteiger partial charge in [0.2, 0.25) is 5.91 Å². The number of amides is 1. The molecule has 1 aliphatic rings. The quantitative estimate of drug-likeness (QED) is 0.785. The molecule has 1 fully saturated rings. The number of benzene rings is 1. The molecule has 144 valence electrons. The van der Waals surface area contributed by atoms with E-state index in [9.17, 15) is 14.0 Å². The summed E-state index contributed by atoms with van der Waals surface area (Å²) in [6.45, 7) is 2.50. The van der Waals surface area contributed by atoms with E-state index in [1.165, 1.54) is 16.8 Å². The lowest BCUT2D eigenvalue weighted by Crippen LogP contribution is -2.49. The van der Waals surface area contributed by atoms with Crippen LogP contribution in [0.1, 0.15) is 23.9 Å². The smallest absolute Gasteiger partial charge is 0.306 e. The highest BCUT2D eigenvalue weighted by atomic mass is 19.1. The molecule has 1 saturated heterocycles. The molecule has 0 radical (unpaired) electrons. The summed E-state index contributed by atoms with van der Waals surface area (Å²) in [4.78, 5) is 25.7. The molecular formula is C17H20FN5O4. The van der Waals surface area contributed by atoms with E-state index in [0.29, 0.717) is 12.4 Å². The molecule has 2 heterocycles. The van der Waals surface area contributed by atoms with Crippen LogP contribution in [-0.4, -0.2) is 67.9 Å². The zero-order valence-corrected chi connectivity index (χ0v) is 14.8. The second-order valence-corrected chi connectivity index (χ2v) is 6.39. The maximum absolute atomic E-state index is 13.2. The van der Waals surface area contributed by atoms with Crippen LogP contribution in [0.15, 0.2) is 24.3 Å². The Morgan fingerprint density at radius 2 is 2.11 bits per heavy atom. The Bertz CT molecular complexity index is 810. The summed E-state index contributed by atoms with van der Waals surface area (Å²) in [6, 6.07) is 5.18. The van der Waals surface area contributed by atoms with Gasteiger partial charge in [-0.2, -0.15) is 0 Å². The van der Waals surface area contributed by atoms with Crippen LogP contribution in [0.25, 0.3) is 0 Å². The van der Waals surface area contributed by atoms with Crippen molar-refractivity contribution in [2.24, 2.45) is 0 Å². The molecule has 0 aliphatic carbocycles. The number of hydrogen-bond donors (Lipinski definition) is 1. The van der Waals surface area contributed by atoms with Crippen LogP contribution in [0.4, 0.5) is 4.39 Å². The van der Waals surface area contributed by atoms with Crippen LogP contribution in [0.3, 0.4) is 0 Å². The second-order valence-electron chi connectivity index (χ2n) is 6.39. The number of carbonyl (C=O) groups excluding carboxylic acids is 1. The highest BCUT2D eigenvalue weighted by molar-refractivity contribution is 5.81. The summed E-state index contributed by atoms with van der Waals surface area (Å²) in [6.07, 6.45) is -0.441. The number of rotatable bonds is 6. The number of carbonyl (C=O) groups is 2. The maximum atomic E-state index is 13.2. The number of nitrogens with zero attached hydrogens (tertiary/aromatic N) is 5. The van der Waals surface area contributed by atoms with Crippen molar-refractivity contribution in [1.29, 1.82) is 0 Å². The van der Waals surface area contributed by atoms with Crippen LogP contribution in [0.2, 0.25) is 0 Å². The van der Waals surface area contributed by atoms with Gasteiger partial charge in [0.1, 0.15) is 17.7 Å². The summed E-state index contributed by atoms with van der Waals surface area (Å²) in [5.41, 5.74) is 0.764. The average molecular weight is 377 g/mol. The Balaban J connectivity index is 1.81. The van der Waals surface area contributed by atoms with Gasteiger partial charge in [-0.15, -0.1) is 5.10 Å². The summed E-state index contributed by atoms with van der Waals surface area (Å²) in [5.74, 6) is -1.09. The summed E-state index contributed by atoms with van der Waals surface area (Å²) < 4.78 is 20.1. The van der Waals surface area contributed by atoms with Crippen LogP contribution in [-0.2, 0) is 20.7 Å². The molecule has 0 spiro atoms. The highest BCUT2D eigenvalue weighted by Gasteiger charge is 2.32. The van der Waals surface area contributed by atoms with Gasteiger partial charge in [0.25, 0.3) is 0 Å². The van der Waals surface area contributed by atoms with E-state index in [1.54, 1.807) is 24.0 Å². The molecule has 0 bridgehead atoms. The van der Waals surface area contributed by atoms with E-state index in [0.717, 1.165) is 5.56 Å². The lowest BCUT2D eigenvalue weighted by Gasteiger charge is -2.34. The molecule has 1 aromatic heterocycles. The molecule has 1 amide bonds. The number of ether oxygens (including phenoxy) is 1. The van der Waals surface area contributed by atoms with Crippen molar-refractivity contribution in [1.82, 2.24) is 25.1 Å². The van der Waals surface area contributed by atoms with Gasteiger partial charge in [-0.1, -0.05) is 12.1 Å². The summed E-state index contributed by atoms with van der Waals surface area (Å²) >= 11 is 0. The zero-order chi connectivity index (χ0) is 19.4.